The Morgan fingerprint density at radius 1 is 1.43 bits per heavy atom. The monoisotopic (exact) mass is 322 g/mol. The minimum Gasteiger partial charge on any atom is -0.396 e. The molecule has 0 aliphatic heterocycles. The summed E-state index contributed by atoms with van der Waals surface area (Å²) in [5, 5.41) is 12.1. The smallest absolute Gasteiger partial charge is 0.0662 e. The fourth-order valence-electron chi connectivity index (χ4n) is 1.06. The van der Waals surface area contributed by atoms with Gasteiger partial charge < -0.3 is 10.4 Å². The van der Waals surface area contributed by atoms with Gasteiger partial charge in [-0.25, -0.2) is 0 Å². The van der Waals surface area contributed by atoms with Gasteiger partial charge in [0.05, 0.1) is 14.6 Å². The van der Waals surface area contributed by atoms with Gasteiger partial charge in [-0.3, -0.25) is 4.98 Å². The van der Waals surface area contributed by atoms with E-state index in [1.165, 1.54) is 0 Å². The van der Waals surface area contributed by atoms with Gasteiger partial charge in [0.2, 0.25) is 0 Å². The van der Waals surface area contributed by atoms with E-state index in [0.29, 0.717) is 0 Å². The van der Waals surface area contributed by atoms with Gasteiger partial charge in [0.15, 0.2) is 0 Å². The van der Waals surface area contributed by atoms with E-state index in [9.17, 15) is 0 Å². The van der Waals surface area contributed by atoms with Crippen LogP contribution in [0.3, 0.4) is 0 Å². The van der Waals surface area contributed by atoms with Gasteiger partial charge in [-0.2, -0.15) is 0 Å². The number of rotatable bonds is 4. The van der Waals surface area contributed by atoms with E-state index in [2.05, 4.69) is 42.2 Å². The Labute approximate surface area is 100 Å². The van der Waals surface area contributed by atoms with Crippen LogP contribution in [0.4, 0.5) is 5.69 Å². The van der Waals surface area contributed by atoms with Crippen molar-refractivity contribution in [3.63, 3.8) is 0 Å². The first kappa shape index (κ1) is 11.9. The van der Waals surface area contributed by atoms with Crippen molar-refractivity contribution in [2.45, 2.75) is 19.4 Å². The Hall–Kier alpha value is -0.130. The molecule has 0 aromatic carbocycles. The van der Waals surface area contributed by atoms with E-state index in [-0.39, 0.29) is 12.6 Å². The highest BCUT2D eigenvalue weighted by atomic mass is 79.9. The van der Waals surface area contributed by atoms with Crippen LogP contribution in [0.25, 0.3) is 0 Å². The molecule has 0 bridgehead atoms. The lowest BCUT2D eigenvalue weighted by atomic mass is 10.2. The minimum atomic E-state index is 0.189. The Kier molecular flexibility index (Phi) is 4.84. The number of nitrogens with one attached hydrogen (secondary N) is 1. The quantitative estimate of drug-likeness (QED) is 0.895. The van der Waals surface area contributed by atoms with Crippen molar-refractivity contribution in [3.8, 4) is 0 Å². The van der Waals surface area contributed by atoms with E-state index < -0.39 is 0 Å². The van der Waals surface area contributed by atoms with Crippen molar-refractivity contribution in [1.29, 1.82) is 0 Å². The molecular formula is C9H12Br2N2O. The van der Waals surface area contributed by atoms with Gasteiger partial charge in [0.25, 0.3) is 0 Å². The number of hydrogen-bond donors (Lipinski definition) is 2. The number of halogens is 2. The molecule has 2 N–H and O–H groups in total. The molecule has 0 saturated carbocycles. The number of aromatic nitrogens is 1. The van der Waals surface area contributed by atoms with Gasteiger partial charge in [-0.15, -0.1) is 0 Å². The first-order chi connectivity index (χ1) is 6.65. The van der Waals surface area contributed by atoms with E-state index in [0.717, 1.165) is 21.1 Å². The number of anilines is 1. The Bertz CT molecular complexity index is 287. The summed E-state index contributed by atoms with van der Waals surface area (Å²) in [5.74, 6) is 0. The van der Waals surface area contributed by atoms with E-state index >= 15 is 0 Å². The van der Waals surface area contributed by atoms with Crippen molar-refractivity contribution in [2.75, 3.05) is 11.9 Å². The van der Waals surface area contributed by atoms with Crippen LogP contribution in [-0.2, 0) is 0 Å². The average molecular weight is 324 g/mol. The van der Waals surface area contributed by atoms with Crippen LogP contribution >= 0.6 is 31.9 Å². The third kappa shape index (κ3) is 3.22. The number of nitrogens with zero attached hydrogens (tertiary/aromatic N) is 1. The SMILES string of the molecule is C[C@@H](CCO)Nc1c(Br)cncc1Br. The maximum Gasteiger partial charge on any atom is 0.0662 e. The molecule has 1 rings (SSSR count). The number of hydrogen-bond acceptors (Lipinski definition) is 3. The number of aliphatic hydroxyl groups is 1. The zero-order valence-electron chi connectivity index (χ0n) is 7.80. The van der Waals surface area contributed by atoms with E-state index in [1.54, 1.807) is 12.4 Å². The molecule has 14 heavy (non-hydrogen) atoms. The summed E-state index contributed by atoms with van der Waals surface area (Å²) >= 11 is 6.82. The predicted octanol–water partition coefficient (Wildman–Crippen LogP) is 2.79. The molecule has 0 aliphatic carbocycles. The lowest BCUT2D eigenvalue weighted by molar-refractivity contribution is 0.282. The third-order valence-electron chi connectivity index (χ3n) is 1.81. The highest BCUT2D eigenvalue weighted by molar-refractivity contribution is 9.11. The van der Waals surface area contributed by atoms with Crippen molar-refractivity contribution in [1.82, 2.24) is 4.98 Å². The van der Waals surface area contributed by atoms with Gasteiger partial charge >= 0.3 is 0 Å². The van der Waals surface area contributed by atoms with Crippen LogP contribution in [0.15, 0.2) is 21.3 Å². The predicted molar refractivity (Wildman–Crippen MR) is 64.4 cm³/mol. The van der Waals surface area contributed by atoms with Crippen molar-refractivity contribution < 1.29 is 5.11 Å². The van der Waals surface area contributed by atoms with Crippen LogP contribution in [0.5, 0.6) is 0 Å². The van der Waals surface area contributed by atoms with Crippen LogP contribution in [0.2, 0.25) is 0 Å². The fraction of sp³-hybridized carbons (Fsp3) is 0.444. The maximum atomic E-state index is 8.78. The highest BCUT2D eigenvalue weighted by Gasteiger charge is 2.08. The molecular weight excluding hydrogens is 312 g/mol. The zero-order chi connectivity index (χ0) is 10.6. The summed E-state index contributed by atoms with van der Waals surface area (Å²) in [7, 11) is 0. The van der Waals surface area contributed by atoms with Crippen molar-refractivity contribution >= 4 is 37.5 Å². The molecule has 0 unspecified atom stereocenters. The van der Waals surface area contributed by atoms with Gasteiger partial charge in [0.1, 0.15) is 0 Å². The largest absolute Gasteiger partial charge is 0.396 e. The summed E-state index contributed by atoms with van der Waals surface area (Å²) in [4.78, 5) is 4.01. The number of pyridine rings is 1. The normalized spacial score (nSPS) is 12.6. The van der Waals surface area contributed by atoms with Crippen LogP contribution in [0.1, 0.15) is 13.3 Å². The molecule has 1 heterocycles. The van der Waals surface area contributed by atoms with Gasteiger partial charge in [0, 0.05) is 25.0 Å². The van der Waals surface area contributed by atoms with Crippen LogP contribution in [0, 0.1) is 0 Å². The molecule has 0 aliphatic rings. The second-order valence-electron chi connectivity index (χ2n) is 3.04. The van der Waals surface area contributed by atoms with Crippen molar-refractivity contribution in [3.05, 3.63) is 21.3 Å². The second-order valence-corrected chi connectivity index (χ2v) is 4.74. The molecule has 1 aromatic heterocycles. The van der Waals surface area contributed by atoms with Crippen LogP contribution < -0.4 is 5.32 Å². The minimum absolute atomic E-state index is 0.189. The zero-order valence-corrected chi connectivity index (χ0v) is 11.0. The van der Waals surface area contributed by atoms with E-state index in [1.807, 2.05) is 6.92 Å². The standard InChI is InChI=1S/C9H12Br2N2O/c1-6(2-3-14)13-9-7(10)4-12-5-8(9)11/h4-6,14H,2-3H2,1H3,(H,12,13)/t6-/m0/s1. The Balaban J connectivity index is 2.75. The molecule has 1 atom stereocenters. The fourth-order valence-corrected chi connectivity index (χ4v) is 2.22. The topological polar surface area (TPSA) is 45.1 Å². The Morgan fingerprint density at radius 3 is 2.50 bits per heavy atom. The molecule has 0 radical (unpaired) electrons. The Morgan fingerprint density at radius 2 is 2.00 bits per heavy atom. The molecule has 0 spiro atoms. The van der Waals surface area contributed by atoms with Crippen molar-refractivity contribution in [2.24, 2.45) is 0 Å². The van der Waals surface area contributed by atoms with Gasteiger partial charge in [-0.05, 0) is 45.2 Å². The lowest BCUT2D eigenvalue weighted by Crippen LogP contribution is -2.17. The molecule has 3 nitrogen and oxygen atoms in total. The van der Waals surface area contributed by atoms with E-state index in [4.69, 9.17) is 5.11 Å². The summed E-state index contributed by atoms with van der Waals surface area (Å²) in [6.45, 7) is 2.21. The summed E-state index contributed by atoms with van der Waals surface area (Å²) in [6, 6.07) is 0.231. The first-order valence-corrected chi connectivity index (χ1v) is 5.90. The molecule has 0 amide bonds. The molecule has 78 valence electrons. The van der Waals surface area contributed by atoms with Crippen LogP contribution in [-0.4, -0.2) is 22.7 Å². The number of aliphatic hydroxyl groups excluding tert-OH is 1. The first-order valence-electron chi connectivity index (χ1n) is 4.31. The molecule has 5 heteroatoms. The maximum absolute atomic E-state index is 8.78. The molecule has 0 saturated heterocycles. The third-order valence-corrected chi connectivity index (χ3v) is 3.01. The molecule has 0 fully saturated rings. The lowest BCUT2D eigenvalue weighted by Gasteiger charge is -2.16. The summed E-state index contributed by atoms with van der Waals surface area (Å²) < 4.78 is 1.83. The van der Waals surface area contributed by atoms with Gasteiger partial charge in [-0.1, -0.05) is 0 Å². The highest BCUT2D eigenvalue weighted by Crippen LogP contribution is 2.30. The average Bonchev–Trinajstić information content (AvgIpc) is 2.12. The summed E-state index contributed by atoms with van der Waals surface area (Å²) in [5.41, 5.74) is 0.973. The summed E-state index contributed by atoms with van der Waals surface area (Å²) in [6.07, 6.45) is 4.19. The molecule has 1 aromatic rings. The second kappa shape index (κ2) is 5.68.